The van der Waals surface area contributed by atoms with Gasteiger partial charge in [0.05, 0.1) is 18.2 Å². The Morgan fingerprint density at radius 1 is 1.16 bits per heavy atom. The zero-order valence-electron chi connectivity index (χ0n) is 13.7. The molecule has 130 valence electrons. The Kier molecular flexibility index (Phi) is 3.41. The Bertz CT molecular complexity index is 847. The van der Waals surface area contributed by atoms with Gasteiger partial charge in [-0.25, -0.2) is 4.98 Å². The van der Waals surface area contributed by atoms with Crippen molar-refractivity contribution in [3.8, 4) is 17.4 Å². The van der Waals surface area contributed by atoms with E-state index in [0.29, 0.717) is 24.7 Å². The van der Waals surface area contributed by atoms with Crippen LogP contribution in [-0.2, 0) is 16.1 Å². The van der Waals surface area contributed by atoms with Crippen LogP contribution in [0.5, 0.6) is 17.4 Å². The number of carbonyl (C=O) groups is 1. The van der Waals surface area contributed by atoms with Crippen molar-refractivity contribution in [3.63, 3.8) is 0 Å². The molecule has 0 spiro atoms. The van der Waals surface area contributed by atoms with E-state index < -0.39 is 0 Å². The van der Waals surface area contributed by atoms with Crippen molar-refractivity contribution in [1.82, 2.24) is 9.88 Å². The predicted molar refractivity (Wildman–Crippen MR) is 87.8 cm³/mol. The molecule has 1 aromatic carbocycles. The molecular weight excluding hydrogens is 324 g/mol. The summed E-state index contributed by atoms with van der Waals surface area (Å²) in [4.78, 5) is 18.8. The maximum absolute atomic E-state index is 12.4. The minimum Gasteiger partial charge on any atom is -0.467 e. The second-order valence-electron chi connectivity index (χ2n) is 6.55. The van der Waals surface area contributed by atoms with Gasteiger partial charge in [-0.3, -0.25) is 4.79 Å². The van der Waals surface area contributed by atoms with Gasteiger partial charge in [-0.05, 0) is 25.0 Å². The van der Waals surface area contributed by atoms with E-state index >= 15 is 0 Å². The van der Waals surface area contributed by atoms with E-state index in [-0.39, 0.29) is 25.4 Å². The summed E-state index contributed by atoms with van der Waals surface area (Å²) < 4.78 is 22.2. The third-order valence-corrected chi connectivity index (χ3v) is 4.84. The first-order chi connectivity index (χ1) is 12.3. The van der Waals surface area contributed by atoms with E-state index in [0.717, 1.165) is 41.7 Å². The molecule has 1 atom stereocenters. The highest BCUT2D eigenvalue weighted by Gasteiger charge is 2.27. The average molecular weight is 342 g/mol. The van der Waals surface area contributed by atoms with Crippen LogP contribution in [0.3, 0.4) is 0 Å². The summed E-state index contributed by atoms with van der Waals surface area (Å²) in [5.74, 6) is 1.88. The quantitative estimate of drug-likeness (QED) is 0.830. The predicted octanol–water partition coefficient (Wildman–Crippen LogP) is 1.86. The molecule has 1 amide bonds. The highest BCUT2D eigenvalue weighted by molar-refractivity contribution is 5.85. The Hall–Kier alpha value is -2.54. The summed E-state index contributed by atoms with van der Waals surface area (Å²) >= 11 is 0. The summed E-state index contributed by atoms with van der Waals surface area (Å²) in [7, 11) is 0. The molecule has 5 rings (SSSR count). The number of rotatable bonds is 2. The number of hydrogen-bond acceptors (Lipinski definition) is 6. The standard InChI is InChI=1S/C18H18N2O5/c21-17-9-23-18-12(7-20(17)8-13-2-1-3-22-13)4-11-5-15-16(25-10-24-15)6-14(11)19-18/h4-6,13H,1-3,7-10H2/t13-/m0/s1. The van der Waals surface area contributed by atoms with Gasteiger partial charge in [0, 0.05) is 30.2 Å². The largest absolute Gasteiger partial charge is 0.467 e. The van der Waals surface area contributed by atoms with E-state index in [1.54, 1.807) is 0 Å². The van der Waals surface area contributed by atoms with E-state index in [2.05, 4.69) is 4.98 Å². The number of pyridine rings is 1. The van der Waals surface area contributed by atoms with E-state index in [1.165, 1.54) is 0 Å². The maximum Gasteiger partial charge on any atom is 0.260 e. The second-order valence-corrected chi connectivity index (χ2v) is 6.55. The topological polar surface area (TPSA) is 70.1 Å². The van der Waals surface area contributed by atoms with E-state index in [9.17, 15) is 4.79 Å². The molecule has 7 heteroatoms. The average Bonchev–Trinajstić information content (AvgIpc) is 3.25. The van der Waals surface area contributed by atoms with Gasteiger partial charge >= 0.3 is 0 Å². The summed E-state index contributed by atoms with van der Waals surface area (Å²) in [5.41, 5.74) is 1.67. The maximum atomic E-state index is 12.4. The van der Waals surface area contributed by atoms with Crippen molar-refractivity contribution in [2.75, 3.05) is 26.6 Å². The van der Waals surface area contributed by atoms with Gasteiger partial charge < -0.3 is 23.8 Å². The molecule has 7 nitrogen and oxygen atoms in total. The SMILES string of the molecule is O=C1COc2nc3cc4c(cc3cc2CN1C[C@@H]1CCCO1)OCO4. The number of amides is 1. The highest BCUT2D eigenvalue weighted by Crippen LogP contribution is 2.37. The zero-order chi connectivity index (χ0) is 16.8. The van der Waals surface area contributed by atoms with Crippen LogP contribution in [0, 0.1) is 0 Å². The molecule has 0 unspecified atom stereocenters. The fraction of sp³-hybridized carbons (Fsp3) is 0.444. The minimum atomic E-state index is -0.0354. The number of carbonyl (C=O) groups excluding carboxylic acids is 1. The van der Waals surface area contributed by atoms with Crippen LogP contribution in [0.15, 0.2) is 18.2 Å². The Morgan fingerprint density at radius 3 is 2.88 bits per heavy atom. The Labute approximate surface area is 144 Å². The molecule has 1 aromatic heterocycles. The van der Waals surface area contributed by atoms with Gasteiger partial charge in [0.15, 0.2) is 18.1 Å². The molecule has 0 N–H and O–H groups in total. The lowest BCUT2D eigenvalue weighted by Crippen LogP contribution is -2.38. The molecule has 0 bridgehead atoms. The molecule has 0 radical (unpaired) electrons. The number of fused-ring (bicyclic) bond motifs is 3. The molecular formula is C18H18N2O5. The van der Waals surface area contributed by atoms with E-state index in [4.69, 9.17) is 18.9 Å². The lowest BCUT2D eigenvalue weighted by molar-refractivity contribution is -0.134. The monoisotopic (exact) mass is 342 g/mol. The van der Waals surface area contributed by atoms with Gasteiger partial charge in [0.1, 0.15) is 0 Å². The first-order valence-electron chi connectivity index (χ1n) is 8.52. The number of hydrogen-bond donors (Lipinski definition) is 0. The minimum absolute atomic E-state index is 0.00276. The third-order valence-electron chi connectivity index (χ3n) is 4.84. The molecule has 0 aliphatic carbocycles. The first-order valence-corrected chi connectivity index (χ1v) is 8.52. The molecule has 3 aliphatic rings. The molecule has 25 heavy (non-hydrogen) atoms. The molecule has 1 saturated heterocycles. The number of aromatic nitrogens is 1. The summed E-state index contributed by atoms with van der Waals surface area (Å²) in [6, 6.07) is 5.78. The van der Waals surface area contributed by atoms with E-state index in [1.807, 2.05) is 23.1 Å². The van der Waals surface area contributed by atoms with Crippen LogP contribution in [0.1, 0.15) is 18.4 Å². The summed E-state index contributed by atoms with van der Waals surface area (Å²) in [5, 5.41) is 0.943. The van der Waals surface area contributed by atoms with Gasteiger partial charge in [-0.15, -0.1) is 0 Å². The van der Waals surface area contributed by atoms with Crippen LogP contribution in [0.4, 0.5) is 0 Å². The lowest BCUT2D eigenvalue weighted by Gasteiger charge is -2.23. The van der Waals surface area contributed by atoms with Crippen molar-refractivity contribution < 1.29 is 23.7 Å². The van der Waals surface area contributed by atoms with Crippen LogP contribution in [0.2, 0.25) is 0 Å². The fourth-order valence-electron chi connectivity index (χ4n) is 3.54. The van der Waals surface area contributed by atoms with Gasteiger partial charge in [0.25, 0.3) is 5.91 Å². The molecule has 1 fully saturated rings. The first kappa shape index (κ1) is 14.8. The third kappa shape index (κ3) is 2.64. The Balaban J connectivity index is 1.49. The number of benzene rings is 1. The van der Waals surface area contributed by atoms with Crippen LogP contribution >= 0.6 is 0 Å². The molecule has 4 heterocycles. The van der Waals surface area contributed by atoms with Crippen LogP contribution < -0.4 is 14.2 Å². The molecule has 3 aliphatic heterocycles. The molecule has 0 saturated carbocycles. The van der Waals surface area contributed by atoms with Crippen molar-refractivity contribution in [2.24, 2.45) is 0 Å². The van der Waals surface area contributed by atoms with Crippen LogP contribution in [0.25, 0.3) is 10.9 Å². The summed E-state index contributed by atoms with van der Waals surface area (Å²) in [6.07, 6.45) is 2.17. The molecule has 2 aromatic rings. The van der Waals surface area contributed by atoms with Gasteiger partial charge in [-0.1, -0.05) is 0 Å². The normalized spacial score (nSPS) is 22.0. The Morgan fingerprint density at radius 2 is 2.04 bits per heavy atom. The zero-order valence-corrected chi connectivity index (χ0v) is 13.7. The highest BCUT2D eigenvalue weighted by atomic mass is 16.7. The van der Waals surface area contributed by atoms with Crippen molar-refractivity contribution >= 4 is 16.8 Å². The summed E-state index contributed by atoms with van der Waals surface area (Å²) in [6.45, 7) is 2.08. The lowest BCUT2D eigenvalue weighted by atomic mass is 10.1. The fourth-order valence-corrected chi connectivity index (χ4v) is 3.54. The number of ether oxygens (including phenoxy) is 4. The number of nitrogens with zero attached hydrogens (tertiary/aromatic N) is 2. The van der Waals surface area contributed by atoms with Gasteiger partial charge in [0.2, 0.25) is 12.7 Å². The van der Waals surface area contributed by atoms with Crippen molar-refractivity contribution in [2.45, 2.75) is 25.5 Å². The van der Waals surface area contributed by atoms with Crippen molar-refractivity contribution in [3.05, 3.63) is 23.8 Å². The van der Waals surface area contributed by atoms with Crippen molar-refractivity contribution in [1.29, 1.82) is 0 Å². The van der Waals surface area contributed by atoms with Gasteiger partial charge in [-0.2, -0.15) is 0 Å². The van der Waals surface area contributed by atoms with Crippen LogP contribution in [-0.4, -0.2) is 48.4 Å². The smallest absolute Gasteiger partial charge is 0.260 e. The second kappa shape index (κ2) is 5.77.